The molecule has 1 aromatic rings. The first-order chi connectivity index (χ1) is 14.3. The average Bonchev–Trinajstić information content (AvgIpc) is 3.26. The number of rotatable bonds is 2. The number of carbonyl (C=O) groups excluding carboxylic acids is 1. The zero-order valence-corrected chi connectivity index (χ0v) is 18.5. The van der Waals surface area contributed by atoms with Gasteiger partial charge in [0.1, 0.15) is 5.78 Å². The van der Waals surface area contributed by atoms with Crippen molar-refractivity contribution in [3.05, 3.63) is 23.4 Å². The van der Waals surface area contributed by atoms with Gasteiger partial charge in [-0.05, 0) is 81.1 Å². The molecule has 0 saturated heterocycles. The van der Waals surface area contributed by atoms with Crippen LogP contribution in [0.5, 0.6) is 0 Å². The van der Waals surface area contributed by atoms with E-state index in [1.165, 1.54) is 19.3 Å². The molecule has 30 heavy (non-hydrogen) atoms. The van der Waals surface area contributed by atoms with Crippen LogP contribution in [0.15, 0.2) is 16.2 Å². The van der Waals surface area contributed by atoms with E-state index in [-0.39, 0.29) is 12.0 Å². The molecule has 0 spiro atoms. The van der Waals surface area contributed by atoms with Gasteiger partial charge in [-0.2, -0.15) is 4.98 Å². The quantitative estimate of drug-likeness (QED) is 0.746. The van der Waals surface area contributed by atoms with Crippen molar-refractivity contribution in [1.29, 1.82) is 5.41 Å². The molecule has 3 fully saturated rings. The van der Waals surface area contributed by atoms with Crippen LogP contribution >= 0.6 is 0 Å². The number of nitrogens with one attached hydrogen (secondary N) is 1. The lowest BCUT2D eigenvalue weighted by molar-refractivity contribution is -0.132. The predicted molar refractivity (Wildman–Crippen MR) is 114 cm³/mol. The summed E-state index contributed by atoms with van der Waals surface area (Å²) < 4.78 is 4.68. The predicted octanol–water partition coefficient (Wildman–Crippen LogP) is 4.45. The highest BCUT2D eigenvalue weighted by Crippen LogP contribution is 2.64. The number of aliphatic hydroxyl groups is 1. The molecule has 3 saturated carbocycles. The number of aromatic nitrogens is 2. The topological polar surface area (TPSA) is 100 Å². The SMILES string of the molecule is CC12CCC3C(CCC4=CC(=N)CC[C@@]43C)C1CCC2=O.Cc1noc(CCO)n1. The first-order valence-electron chi connectivity index (χ1n) is 11.5. The highest BCUT2D eigenvalue weighted by atomic mass is 16.5. The Morgan fingerprint density at radius 1 is 1.13 bits per heavy atom. The van der Waals surface area contributed by atoms with E-state index in [2.05, 4.69) is 34.6 Å². The van der Waals surface area contributed by atoms with Crippen molar-refractivity contribution in [2.75, 3.05) is 6.61 Å². The number of aryl methyl sites for hydroxylation is 1. The summed E-state index contributed by atoms with van der Waals surface area (Å²) in [7, 11) is 0. The monoisotopic (exact) mass is 413 g/mol. The van der Waals surface area contributed by atoms with Crippen molar-refractivity contribution in [3.8, 4) is 0 Å². The zero-order valence-electron chi connectivity index (χ0n) is 18.5. The van der Waals surface area contributed by atoms with Crippen molar-refractivity contribution in [2.45, 2.75) is 78.6 Å². The van der Waals surface area contributed by atoms with E-state index in [0.29, 0.717) is 35.3 Å². The van der Waals surface area contributed by atoms with Crippen LogP contribution in [0.2, 0.25) is 0 Å². The third-order valence-corrected chi connectivity index (χ3v) is 8.60. The van der Waals surface area contributed by atoms with Gasteiger partial charge >= 0.3 is 0 Å². The number of hydrogen-bond donors (Lipinski definition) is 2. The van der Waals surface area contributed by atoms with Gasteiger partial charge in [-0.25, -0.2) is 0 Å². The van der Waals surface area contributed by atoms with Gasteiger partial charge in [0.2, 0.25) is 5.89 Å². The van der Waals surface area contributed by atoms with Crippen LogP contribution in [0.3, 0.4) is 0 Å². The Balaban J connectivity index is 0.000000204. The maximum atomic E-state index is 12.4. The molecule has 5 atom stereocenters. The lowest BCUT2D eigenvalue weighted by Crippen LogP contribution is -2.50. The molecule has 4 aliphatic rings. The standard InChI is InChI=1S/C19H27NO.C5H8N2O2/c1-18-9-7-13(20)11-12(18)3-4-14-15-5-6-17(21)19(15,2)10-8-16(14)18;1-4-6-5(2-3-8)9-7-4/h11,14-16,20H,3-10H2,1-2H3;8H,2-3H2,1H3/t14?,15?,16?,18-,19?;/m0./s1. The van der Waals surface area contributed by atoms with E-state index in [4.69, 9.17) is 10.5 Å². The summed E-state index contributed by atoms with van der Waals surface area (Å²) in [6.07, 6.45) is 11.5. The smallest absolute Gasteiger partial charge is 0.228 e. The van der Waals surface area contributed by atoms with Gasteiger partial charge in [0, 0.05) is 17.5 Å². The Bertz CT molecular complexity index is 860. The zero-order chi connectivity index (χ0) is 21.5. The normalized spacial score (nSPS) is 37.5. The fourth-order valence-corrected chi connectivity index (χ4v) is 6.90. The first kappa shape index (κ1) is 21.4. The van der Waals surface area contributed by atoms with Crippen LogP contribution in [-0.2, 0) is 11.2 Å². The molecular weight excluding hydrogens is 378 g/mol. The molecule has 0 amide bonds. The first-order valence-corrected chi connectivity index (χ1v) is 11.5. The second-order valence-corrected chi connectivity index (χ2v) is 10.2. The van der Waals surface area contributed by atoms with Gasteiger partial charge in [-0.3, -0.25) is 4.79 Å². The molecule has 0 aliphatic heterocycles. The molecule has 4 aliphatic carbocycles. The van der Waals surface area contributed by atoms with Crippen LogP contribution in [0.1, 0.15) is 76.9 Å². The Hall–Kier alpha value is -1.82. The second-order valence-electron chi connectivity index (χ2n) is 10.2. The Morgan fingerprint density at radius 3 is 2.60 bits per heavy atom. The van der Waals surface area contributed by atoms with Crippen LogP contribution in [-0.4, -0.2) is 33.3 Å². The third kappa shape index (κ3) is 3.57. The van der Waals surface area contributed by atoms with Gasteiger partial charge in [-0.1, -0.05) is 24.6 Å². The average molecular weight is 414 g/mol. The Labute approximate surface area is 179 Å². The van der Waals surface area contributed by atoms with E-state index in [1.807, 2.05) is 0 Å². The summed E-state index contributed by atoms with van der Waals surface area (Å²) in [5.74, 6) is 3.80. The highest BCUT2D eigenvalue weighted by Gasteiger charge is 2.58. The number of allylic oxidation sites excluding steroid dienone is 2. The summed E-state index contributed by atoms with van der Waals surface area (Å²) in [6, 6.07) is 0. The molecule has 0 radical (unpaired) electrons. The van der Waals surface area contributed by atoms with Crippen molar-refractivity contribution in [1.82, 2.24) is 10.1 Å². The second kappa shape index (κ2) is 8.03. The lowest BCUT2D eigenvalue weighted by atomic mass is 9.47. The fraction of sp³-hybridized carbons (Fsp3) is 0.750. The molecule has 0 aromatic carbocycles. The van der Waals surface area contributed by atoms with Crippen LogP contribution in [0.25, 0.3) is 0 Å². The molecule has 5 rings (SSSR count). The number of nitrogens with zero attached hydrogens (tertiary/aromatic N) is 2. The lowest BCUT2D eigenvalue weighted by Gasteiger charge is -2.57. The third-order valence-electron chi connectivity index (χ3n) is 8.60. The largest absolute Gasteiger partial charge is 0.396 e. The molecule has 0 bridgehead atoms. The van der Waals surface area contributed by atoms with Gasteiger partial charge in [0.15, 0.2) is 5.82 Å². The minimum absolute atomic E-state index is 0.000118. The molecule has 1 aromatic heterocycles. The Morgan fingerprint density at radius 2 is 1.90 bits per heavy atom. The maximum absolute atomic E-state index is 12.4. The number of ketones is 1. The molecule has 6 heteroatoms. The van der Waals surface area contributed by atoms with E-state index < -0.39 is 0 Å². The molecular formula is C24H35N3O3. The van der Waals surface area contributed by atoms with Crippen LogP contribution in [0, 0.1) is 40.9 Å². The minimum atomic E-state index is 0.000118. The molecule has 4 unspecified atom stereocenters. The number of aliphatic hydroxyl groups excluding tert-OH is 1. The van der Waals surface area contributed by atoms with Gasteiger partial charge in [-0.15, -0.1) is 0 Å². The number of carbonyl (C=O) groups is 1. The Kier molecular flexibility index (Phi) is 5.73. The fourth-order valence-electron chi connectivity index (χ4n) is 6.90. The van der Waals surface area contributed by atoms with Crippen molar-refractivity contribution >= 4 is 11.5 Å². The summed E-state index contributed by atoms with van der Waals surface area (Å²) in [4.78, 5) is 16.2. The van der Waals surface area contributed by atoms with E-state index in [0.717, 1.165) is 49.7 Å². The summed E-state index contributed by atoms with van der Waals surface area (Å²) in [5.41, 5.74) is 2.70. The van der Waals surface area contributed by atoms with Gasteiger partial charge < -0.3 is 15.0 Å². The van der Waals surface area contributed by atoms with E-state index >= 15 is 0 Å². The number of Topliss-reactive ketones (excluding diaryl/α,β-unsaturated/α-hetero) is 1. The number of fused-ring (bicyclic) bond motifs is 5. The summed E-state index contributed by atoms with van der Waals surface area (Å²) >= 11 is 0. The molecule has 6 nitrogen and oxygen atoms in total. The molecule has 1 heterocycles. The van der Waals surface area contributed by atoms with Crippen molar-refractivity contribution in [2.24, 2.45) is 28.6 Å². The minimum Gasteiger partial charge on any atom is -0.396 e. The van der Waals surface area contributed by atoms with E-state index in [9.17, 15) is 4.79 Å². The highest BCUT2D eigenvalue weighted by molar-refractivity contribution is 5.94. The van der Waals surface area contributed by atoms with Crippen LogP contribution in [0.4, 0.5) is 0 Å². The molecule has 164 valence electrons. The van der Waals surface area contributed by atoms with Gasteiger partial charge in [0.25, 0.3) is 0 Å². The van der Waals surface area contributed by atoms with E-state index in [1.54, 1.807) is 12.5 Å². The van der Waals surface area contributed by atoms with Crippen LogP contribution < -0.4 is 0 Å². The van der Waals surface area contributed by atoms with Crippen molar-refractivity contribution in [3.63, 3.8) is 0 Å². The van der Waals surface area contributed by atoms with Crippen molar-refractivity contribution < 1.29 is 14.4 Å². The maximum Gasteiger partial charge on any atom is 0.228 e. The molecule has 2 N–H and O–H groups in total. The summed E-state index contributed by atoms with van der Waals surface area (Å²) in [5, 5.41) is 19.9. The number of hydrogen-bond acceptors (Lipinski definition) is 6. The van der Waals surface area contributed by atoms with Gasteiger partial charge in [0.05, 0.1) is 13.0 Å². The summed E-state index contributed by atoms with van der Waals surface area (Å²) in [6.45, 7) is 6.51.